The van der Waals surface area contributed by atoms with Crippen LogP contribution in [0.25, 0.3) is 0 Å². The second kappa shape index (κ2) is 4.94. The molecule has 1 heterocycles. The minimum Gasteiger partial charge on any atom is -0.329 e. The van der Waals surface area contributed by atoms with E-state index in [2.05, 4.69) is 26.0 Å². The minimum atomic E-state index is 0.0463. The van der Waals surface area contributed by atoms with Crippen LogP contribution in [0.3, 0.4) is 0 Å². The maximum atomic E-state index is 11.6. The van der Waals surface area contributed by atoms with Crippen LogP contribution in [-0.2, 0) is 11.2 Å². The molecule has 3 nitrogen and oxygen atoms in total. The Morgan fingerprint density at radius 1 is 1.39 bits per heavy atom. The molecule has 0 unspecified atom stereocenters. The molecule has 1 aromatic rings. The fraction of sp³-hybridized carbons (Fsp3) is 0.500. The standard InChI is InChI=1S/C14H20N2OS/c1-14(2,9-15)18-11-5-6-12-10(8-11)4-7-13(17)16(12)3/h5-6,8H,4,7,9,15H2,1-3H3. The summed E-state index contributed by atoms with van der Waals surface area (Å²) < 4.78 is 0.0463. The van der Waals surface area contributed by atoms with E-state index in [1.54, 1.807) is 16.7 Å². The number of carbonyl (C=O) groups excluding carboxylic acids is 1. The summed E-state index contributed by atoms with van der Waals surface area (Å²) >= 11 is 1.79. The predicted molar refractivity (Wildman–Crippen MR) is 77.2 cm³/mol. The van der Waals surface area contributed by atoms with Gasteiger partial charge in [-0.15, -0.1) is 11.8 Å². The predicted octanol–water partition coefficient (Wildman–Crippen LogP) is 2.43. The first kappa shape index (κ1) is 13.4. The van der Waals surface area contributed by atoms with Gasteiger partial charge in [0, 0.05) is 35.3 Å². The molecule has 0 saturated carbocycles. The zero-order valence-corrected chi connectivity index (χ0v) is 12.0. The highest BCUT2D eigenvalue weighted by molar-refractivity contribution is 8.00. The first-order chi connectivity index (χ1) is 8.43. The van der Waals surface area contributed by atoms with Crippen molar-refractivity contribution in [2.24, 2.45) is 5.73 Å². The topological polar surface area (TPSA) is 46.3 Å². The average molecular weight is 264 g/mol. The lowest BCUT2D eigenvalue weighted by molar-refractivity contribution is -0.118. The zero-order valence-electron chi connectivity index (χ0n) is 11.2. The second-order valence-electron chi connectivity index (χ2n) is 5.31. The van der Waals surface area contributed by atoms with Gasteiger partial charge in [0.05, 0.1) is 0 Å². The van der Waals surface area contributed by atoms with Crippen LogP contribution in [0.1, 0.15) is 25.8 Å². The number of anilines is 1. The first-order valence-electron chi connectivity index (χ1n) is 6.21. The molecular formula is C14H20N2OS. The van der Waals surface area contributed by atoms with Crippen LogP contribution < -0.4 is 10.6 Å². The van der Waals surface area contributed by atoms with Gasteiger partial charge >= 0.3 is 0 Å². The number of nitrogens with zero attached hydrogens (tertiary/aromatic N) is 1. The lowest BCUT2D eigenvalue weighted by atomic mass is 10.0. The normalized spacial score (nSPS) is 15.8. The van der Waals surface area contributed by atoms with Gasteiger partial charge in [-0.2, -0.15) is 0 Å². The fourth-order valence-corrected chi connectivity index (χ4v) is 3.12. The Bertz CT molecular complexity index is 471. The van der Waals surface area contributed by atoms with Crippen molar-refractivity contribution in [2.75, 3.05) is 18.5 Å². The summed E-state index contributed by atoms with van der Waals surface area (Å²) in [5.41, 5.74) is 8.06. The van der Waals surface area contributed by atoms with E-state index < -0.39 is 0 Å². The van der Waals surface area contributed by atoms with Crippen molar-refractivity contribution in [1.29, 1.82) is 0 Å². The van der Waals surface area contributed by atoms with Gasteiger partial charge in [0.2, 0.25) is 5.91 Å². The molecule has 0 aromatic heterocycles. The second-order valence-corrected chi connectivity index (χ2v) is 7.09. The van der Waals surface area contributed by atoms with Crippen molar-refractivity contribution in [1.82, 2.24) is 0 Å². The number of thioether (sulfide) groups is 1. The summed E-state index contributed by atoms with van der Waals surface area (Å²) in [6, 6.07) is 6.32. The number of nitrogens with two attached hydrogens (primary N) is 1. The van der Waals surface area contributed by atoms with E-state index in [1.165, 1.54) is 10.5 Å². The fourth-order valence-electron chi connectivity index (χ4n) is 2.06. The molecule has 0 radical (unpaired) electrons. The Kier molecular flexibility index (Phi) is 3.69. The Balaban J connectivity index is 2.26. The van der Waals surface area contributed by atoms with Gasteiger partial charge in [-0.05, 0) is 44.0 Å². The third kappa shape index (κ3) is 2.70. The number of carbonyl (C=O) groups is 1. The maximum Gasteiger partial charge on any atom is 0.227 e. The monoisotopic (exact) mass is 264 g/mol. The van der Waals surface area contributed by atoms with Crippen molar-refractivity contribution in [3.63, 3.8) is 0 Å². The molecule has 0 fully saturated rings. The number of rotatable bonds is 3. The van der Waals surface area contributed by atoms with Crippen molar-refractivity contribution in [2.45, 2.75) is 36.3 Å². The van der Waals surface area contributed by atoms with E-state index in [0.29, 0.717) is 13.0 Å². The van der Waals surface area contributed by atoms with Gasteiger partial charge in [-0.25, -0.2) is 0 Å². The molecular weight excluding hydrogens is 244 g/mol. The van der Waals surface area contributed by atoms with E-state index >= 15 is 0 Å². The Morgan fingerprint density at radius 3 is 2.78 bits per heavy atom. The maximum absolute atomic E-state index is 11.6. The number of fused-ring (bicyclic) bond motifs is 1. The molecule has 1 amide bonds. The number of amides is 1. The van der Waals surface area contributed by atoms with Crippen LogP contribution in [0, 0.1) is 0 Å². The van der Waals surface area contributed by atoms with Crippen LogP contribution in [0.2, 0.25) is 0 Å². The molecule has 1 aromatic carbocycles. The Hall–Kier alpha value is -1.00. The molecule has 0 atom stereocenters. The van der Waals surface area contributed by atoms with Crippen molar-refractivity contribution >= 4 is 23.4 Å². The first-order valence-corrected chi connectivity index (χ1v) is 7.03. The molecule has 2 N–H and O–H groups in total. The van der Waals surface area contributed by atoms with E-state index in [9.17, 15) is 4.79 Å². The average Bonchev–Trinajstić information content (AvgIpc) is 2.34. The van der Waals surface area contributed by atoms with Gasteiger partial charge in [0.25, 0.3) is 0 Å². The van der Waals surface area contributed by atoms with E-state index in [-0.39, 0.29) is 10.7 Å². The summed E-state index contributed by atoms with van der Waals surface area (Å²) in [4.78, 5) is 14.6. The van der Waals surface area contributed by atoms with Gasteiger partial charge < -0.3 is 10.6 Å². The lowest BCUT2D eigenvalue weighted by Crippen LogP contribution is -2.31. The van der Waals surface area contributed by atoms with Gasteiger partial charge in [0.1, 0.15) is 0 Å². The molecule has 2 rings (SSSR count). The highest BCUT2D eigenvalue weighted by Crippen LogP contribution is 2.36. The number of hydrogen-bond acceptors (Lipinski definition) is 3. The summed E-state index contributed by atoms with van der Waals surface area (Å²) in [5, 5.41) is 0. The number of benzene rings is 1. The molecule has 18 heavy (non-hydrogen) atoms. The van der Waals surface area contributed by atoms with E-state index in [0.717, 1.165) is 12.1 Å². The molecule has 4 heteroatoms. The smallest absolute Gasteiger partial charge is 0.227 e. The summed E-state index contributed by atoms with van der Waals surface area (Å²) in [6.07, 6.45) is 1.45. The SMILES string of the molecule is CN1C(=O)CCc2cc(SC(C)(C)CN)ccc21. The highest BCUT2D eigenvalue weighted by atomic mass is 32.2. The number of hydrogen-bond donors (Lipinski definition) is 1. The van der Waals surface area contributed by atoms with Gasteiger partial charge in [-0.3, -0.25) is 4.79 Å². The Labute approximate surface area is 113 Å². The molecule has 0 saturated heterocycles. The third-order valence-electron chi connectivity index (χ3n) is 3.28. The van der Waals surface area contributed by atoms with Crippen LogP contribution >= 0.6 is 11.8 Å². The summed E-state index contributed by atoms with van der Waals surface area (Å²) in [5.74, 6) is 0.199. The van der Waals surface area contributed by atoms with Crippen molar-refractivity contribution in [3.8, 4) is 0 Å². The minimum absolute atomic E-state index is 0.0463. The van der Waals surface area contributed by atoms with Crippen molar-refractivity contribution < 1.29 is 4.79 Å². The van der Waals surface area contributed by atoms with Crippen LogP contribution in [-0.4, -0.2) is 24.2 Å². The lowest BCUT2D eigenvalue weighted by Gasteiger charge is -2.27. The van der Waals surface area contributed by atoms with Crippen LogP contribution in [0.5, 0.6) is 0 Å². The largest absolute Gasteiger partial charge is 0.329 e. The van der Waals surface area contributed by atoms with E-state index in [1.807, 2.05) is 13.1 Å². The van der Waals surface area contributed by atoms with Crippen molar-refractivity contribution in [3.05, 3.63) is 23.8 Å². The van der Waals surface area contributed by atoms with E-state index in [4.69, 9.17) is 5.73 Å². The van der Waals surface area contributed by atoms with Gasteiger partial charge in [0.15, 0.2) is 0 Å². The third-order valence-corrected chi connectivity index (χ3v) is 4.49. The quantitative estimate of drug-likeness (QED) is 0.853. The molecule has 98 valence electrons. The molecule has 0 spiro atoms. The zero-order chi connectivity index (χ0) is 13.3. The molecule has 1 aliphatic heterocycles. The number of aryl methyl sites for hydroxylation is 1. The summed E-state index contributed by atoms with van der Waals surface area (Å²) in [7, 11) is 1.84. The Morgan fingerprint density at radius 2 is 2.11 bits per heavy atom. The van der Waals surface area contributed by atoms with Crippen LogP contribution in [0.15, 0.2) is 23.1 Å². The summed E-state index contributed by atoms with van der Waals surface area (Å²) in [6.45, 7) is 4.94. The molecule has 0 bridgehead atoms. The molecule has 1 aliphatic rings. The van der Waals surface area contributed by atoms with Gasteiger partial charge in [-0.1, -0.05) is 0 Å². The highest BCUT2D eigenvalue weighted by Gasteiger charge is 2.22. The molecule has 0 aliphatic carbocycles. The van der Waals surface area contributed by atoms with Crippen LogP contribution in [0.4, 0.5) is 5.69 Å².